The molecule has 0 bridgehead atoms. The van der Waals surface area contributed by atoms with Crippen LogP contribution >= 0.6 is 11.6 Å². The van der Waals surface area contributed by atoms with Crippen molar-refractivity contribution in [2.45, 2.75) is 39.5 Å². The van der Waals surface area contributed by atoms with Crippen molar-refractivity contribution in [1.82, 2.24) is 0 Å². The van der Waals surface area contributed by atoms with Crippen molar-refractivity contribution in [2.75, 3.05) is 13.2 Å². The fraction of sp³-hybridized carbons (Fsp3) is 0.571. The Labute approximate surface area is 109 Å². The highest BCUT2D eigenvalue weighted by molar-refractivity contribution is 6.31. The second kappa shape index (κ2) is 6.87. The Balaban J connectivity index is 2.74. The number of rotatable bonds is 6. The van der Waals surface area contributed by atoms with Crippen molar-refractivity contribution >= 4 is 11.6 Å². The van der Waals surface area contributed by atoms with E-state index >= 15 is 0 Å². The molecular weight excluding hydrogens is 236 g/mol. The minimum Gasteiger partial charge on any atom is -0.493 e. The van der Waals surface area contributed by atoms with E-state index < -0.39 is 0 Å². The molecule has 0 fully saturated rings. The summed E-state index contributed by atoms with van der Waals surface area (Å²) in [6.45, 7) is 7.09. The molecule has 0 spiro atoms. The highest BCUT2D eigenvalue weighted by Crippen LogP contribution is 2.31. The summed E-state index contributed by atoms with van der Waals surface area (Å²) in [5.74, 6) is 1.29. The Morgan fingerprint density at radius 1 is 1.29 bits per heavy atom. The molecule has 0 aromatic heterocycles. The van der Waals surface area contributed by atoms with Crippen LogP contribution in [-0.4, -0.2) is 18.3 Å². The first-order valence-corrected chi connectivity index (χ1v) is 6.47. The standard InChI is InChI=1S/C14H21ClO2/c1-10(2)12-9-14(11(3)8-13(12)15)17-7-5-4-6-16/h8-10,16H,4-7H2,1-3H3. The van der Waals surface area contributed by atoms with Gasteiger partial charge in [0.15, 0.2) is 0 Å². The highest BCUT2D eigenvalue weighted by atomic mass is 35.5. The van der Waals surface area contributed by atoms with Crippen LogP contribution in [0.25, 0.3) is 0 Å². The highest BCUT2D eigenvalue weighted by Gasteiger charge is 2.09. The molecule has 1 N–H and O–H groups in total. The molecule has 0 aliphatic rings. The summed E-state index contributed by atoms with van der Waals surface area (Å²) in [6, 6.07) is 3.99. The molecule has 2 nitrogen and oxygen atoms in total. The average Bonchev–Trinajstić information content (AvgIpc) is 2.26. The van der Waals surface area contributed by atoms with Gasteiger partial charge >= 0.3 is 0 Å². The van der Waals surface area contributed by atoms with Crippen molar-refractivity contribution in [2.24, 2.45) is 0 Å². The SMILES string of the molecule is Cc1cc(Cl)c(C(C)C)cc1OCCCCO. The van der Waals surface area contributed by atoms with Crippen LogP contribution in [0.15, 0.2) is 12.1 Å². The fourth-order valence-electron chi connectivity index (χ4n) is 1.66. The van der Waals surface area contributed by atoms with Crippen molar-refractivity contribution in [3.63, 3.8) is 0 Å². The van der Waals surface area contributed by atoms with Gasteiger partial charge in [0.05, 0.1) is 6.61 Å². The minimum absolute atomic E-state index is 0.222. The van der Waals surface area contributed by atoms with Gasteiger partial charge in [-0.3, -0.25) is 0 Å². The normalized spacial score (nSPS) is 10.9. The largest absolute Gasteiger partial charge is 0.493 e. The molecule has 0 aliphatic carbocycles. The summed E-state index contributed by atoms with van der Waals surface area (Å²) < 4.78 is 5.71. The molecular formula is C14H21ClO2. The molecule has 3 heteroatoms. The number of hydrogen-bond donors (Lipinski definition) is 1. The van der Waals surface area contributed by atoms with Gasteiger partial charge in [-0.15, -0.1) is 0 Å². The van der Waals surface area contributed by atoms with Gasteiger partial charge in [0.2, 0.25) is 0 Å². The predicted molar refractivity (Wildman–Crippen MR) is 72.1 cm³/mol. The molecule has 0 radical (unpaired) electrons. The number of ether oxygens (including phenoxy) is 1. The average molecular weight is 257 g/mol. The van der Waals surface area contributed by atoms with Gasteiger partial charge in [-0.25, -0.2) is 0 Å². The van der Waals surface area contributed by atoms with E-state index in [0.717, 1.165) is 34.7 Å². The maximum atomic E-state index is 8.70. The third kappa shape index (κ3) is 4.21. The summed E-state index contributed by atoms with van der Waals surface area (Å²) in [7, 11) is 0. The third-order valence-corrected chi connectivity index (χ3v) is 3.05. The zero-order valence-electron chi connectivity index (χ0n) is 10.8. The molecule has 17 heavy (non-hydrogen) atoms. The molecule has 0 atom stereocenters. The molecule has 0 heterocycles. The van der Waals surface area contributed by atoms with Crippen LogP contribution in [0.1, 0.15) is 43.7 Å². The van der Waals surface area contributed by atoms with E-state index in [0.29, 0.717) is 12.5 Å². The Hall–Kier alpha value is -0.730. The number of aliphatic hydroxyl groups is 1. The Morgan fingerprint density at radius 3 is 2.59 bits per heavy atom. The van der Waals surface area contributed by atoms with Gasteiger partial charge in [0.25, 0.3) is 0 Å². The van der Waals surface area contributed by atoms with Crippen LogP contribution in [0.3, 0.4) is 0 Å². The van der Waals surface area contributed by atoms with E-state index in [1.54, 1.807) is 0 Å². The van der Waals surface area contributed by atoms with Crippen molar-refractivity contribution in [3.8, 4) is 5.75 Å². The summed E-state index contributed by atoms with van der Waals surface area (Å²) in [5.41, 5.74) is 2.18. The van der Waals surface area contributed by atoms with Gasteiger partial charge in [-0.1, -0.05) is 25.4 Å². The van der Waals surface area contributed by atoms with Crippen molar-refractivity contribution in [1.29, 1.82) is 0 Å². The Morgan fingerprint density at radius 2 is 2.00 bits per heavy atom. The summed E-state index contributed by atoms with van der Waals surface area (Å²) in [6.07, 6.45) is 1.65. The lowest BCUT2D eigenvalue weighted by Crippen LogP contribution is -2.01. The smallest absolute Gasteiger partial charge is 0.122 e. The molecule has 0 amide bonds. The number of aliphatic hydroxyl groups excluding tert-OH is 1. The minimum atomic E-state index is 0.222. The fourth-order valence-corrected chi connectivity index (χ4v) is 2.10. The van der Waals surface area contributed by atoms with Crippen LogP contribution in [0, 0.1) is 6.92 Å². The molecule has 0 aliphatic heterocycles. The molecule has 0 unspecified atom stereocenters. The first kappa shape index (κ1) is 14.3. The van der Waals surface area contributed by atoms with Gasteiger partial charge < -0.3 is 9.84 Å². The van der Waals surface area contributed by atoms with E-state index in [-0.39, 0.29) is 6.61 Å². The predicted octanol–water partition coefficient (Wildman–Crippen LogP) is 3.92. The topological polar surface area (TPSA) is 29.5 Å². The Kier molecular flexibility index (Phi) is 5.79. The lowest BCUT2D eigenvalue weighted by Gasteiger charge is -2.14. The number of halogens is 1. The van der Waals surface area contributed by atoms with Crippen LogP contribution in [0.2, 0.25) is 5.02 Å². The third-order valence-electron chi connectivity index (χ3n) is 2.73. The van der Waals surface area contributed by atoms with Crippen molar-refractivity contribution < 1.29 is 9.84 Å². The second-order valence-corrected chi connectivity index (χ2v) is 4.98. The van der Waals surface area contributed by atoms with Gasteiger partial charge in [-0.2, -0.15) is 0 Å². The Bertz CT molecular complexity index is 361. The van der Waals surface area contributed by atoms with E-state index in [1.165, 1.54) is 0 Å². The second-order valence-electron chi connectivity index (χ2n) is 4.57. The van der Waals surface area contributed by atoms with E-state index in [9.17, 15) is 0 Å². The van der Waals surface area contributed by atoms with Crippen molar-refractivity contribution in [3.05, 3.63) is 28.3 Å². The lowest BCUT2D eigenvalue weighted by atomic mass is 10.0. The summed E-state index contributed by atoms with van der Waals surface area (Å²) >= 11 is 6.19. The van der Waals surface area contributed by atoms with Crippen LogP contribution in [-0.2, 0) is 0 Å². The van der Waals surface area contributed by atoms with Gasteiger partial charge in [0.1, 0.15) is 5.75 Å². The first-order chi connectivity index (χ1) is 8.06. The zero-order valence-corrected chi connectivity index (χ0v) is 11.5. The molecule has 0 saturated carbocycles. The van der Waals surface area contributed by atoms with E-state index in [2.05, 4.69) is 13.8 Å². The van der Waals surface area contributed by atoms with Gasteiger partial charge in [-0.05, 0) is 48.9 Å². The zero-order chi connectivity index (χ0) is 12.8. The van der Waals surface area contributed by atoms with Crippen LogP contribution in [0.5, 0.6) is 5.75 Å². The summed E-state index contributed by atoms with van der Waals surface area (Å²) in [4.78, 5) is 0. The maximum Gasteiger partial charge on any atom is 0.122 e. The molecule has 1 aromatic carbocycles. The van der Waals surface area contributed by atoms with Crippen LogP contribution < -0.4 is 4.74 Å². The molecule has 1 aromatic rings. The molecule has 0 saturated heterocycles. The van der Waals surface area contributed by atoms with E-state index in [4.69, 9.17) is 21.4 Å². The first-order valence-electron chi connectivity index (χ1n) is 6.10. The monoisotopic (exact) mass is 256 g/mol. The number of benzene rings is 1. The maximum absolute atomic E-state index is 8.70. The molecule has 1 rings (SSSR count). The summed E-state index contributed by atoms with van der Waals surface area (Å²) in [5, 5.41) is 9.50. The number of aryl methyl sites for hydroxylation is 1. The van der Waals surface area contributed by atoms with Crippen LogP contribution in [0.4, 0.5) is 0 Å². The molecule has 96 valence electrons. The lowest BCUT2D eigenvalue weighted by molar-refractivity contribution is 0.252. The number of hydrogen-bond acceptors (Lipinski definition) is 2. The van der Waals surface area contributed by atoms with E-state index in [1.807, 2.05) is 19.1 Å². The number of unbranched alkanes of at least 4 members (excludes halogenated alkanes) is 1. The quantitative estimate of drug-likeness (QED) is 0.782. The van der Waals surface area contributed by atoms with Gasteiger partial charge in [0, 0.05) is 11.6 Å².